The van der Waals surface area contributed by atoms with Crippen LogP contribution in [0.3, 0.4) is 0 Å². The summed E-state index contributed by atoms with van der Waals surface area (Å²) in [6.07, 6.45) is -5.25. The highest BCUT2D eigenvalue weighted by Gasteiger charge is 2.42. The lowest BCUT2D eigenvalue weighted by Crippen LogP contribution is -2.63. The minimum absolute atomic E-state index is 0.0818. The number of nitrogens with one attached hydrogen (secondary N) is 2. The van der Waals surface area contributed by atoms with Gasteiger partial charge in [-0.2, -0.15) is 0 Å². The highest BCUT2D eigenvalue weighted by atomic mass is 16.5. The SMILES string of the molecule is CNC1OC(CNC(C)=O)C(O)C(O)C1O. The van der Waals surface area contributed by atoms with Gasteiger partial charge in [0.2, 0.25) is 5.91 Å². The van der Waals surface area contributed by atoms with Crippen molar-refractivity contribution in [2.75, 3.05) is 13.6 Å². The van der Waals surface area contributed by atoms with Crippen LogP contribution in [0.15, 0.2) is 0 Å². The van der Waals surface area contributed by atoms with E-state index in [9.17, 15) is 20.1 Å². The van der Waals surface area contributed by atoms with Crippen LogP contribution < -0.4 is 10.6 Å². The molecule has 7 heteroatoms. The maximum absolute atomic E-state index is 10.7. The number of rotatable bonds is 3. The molecule has 5 N–H and O–H groups in total. The van der Waals surface area contributed by atoms with Gasteiger partial charge >= 0.3 is 0 Å². The van der Waals surface area contributed by atoms with Crippen molar-refractivity contribution in [3.8, 4) is 0 Å². The first-order chi connectivity index (χ1) is 7.47. The molecule has 1 fully saturated rings. The van der Waals surface area contributed by atoms with E-state index in [0.29, 0.717) is 0 Å². The topological polar surface area (TPSA) is 111 Å². The second-order valence-corrected chi connectivity index (χ2v) is 3.79. The van der Waals surface area contributed by atoms with Gasteiger partial charge in [-0.25, -0.2) is 0 Å². The molecule has 1 heterocycles. The lowest BCUT2D eigenvalue weighted by atomic mass is 9.98. The zero-order valence-corrected chi connectivity index (χ0v) is 9.25. The summed E-state index contributed by atoms with van der Waals surface area (Å²) in [5, 5.41) is 33.8. The van der Waals surface area contributed by atoms with Gasteiger partial charge in [0, 0.05) is 13.5 Å². The van der Waals surface area contributed by atoms with Crippen molar-refractivity contribution in [3.63, 3.8) is 0 Å². The highest BCUT2D eigenvalue weighted by Crippen LogP contribution is 2.19. The van der Waals surface area contributed by atoms with Crippen LogP contribution in [-0.4, -0.2) is 65.5 Å². The molecule has 1 aliphatic heterocycles. The number of ether oxygens (including phenoxy) is 1. The van der Waals surface area contributed by atoms with Crippen LogP contribution in [0.5, 0.6) is 0 Å². The fourth-order valence-corrected chi connectivity index (χ4v) is 1.60. The number of carbonyl (C=O) groups is 1. The molecule has 1 saturated heterocycles. The molecular formula is C9H18N2O5. The smallest absolute Gasteiger partial charge is 0.216 e. The van der Waals surface area contributed by atoms with Gasteiger partial charge in [-0.05, 0) is 7.05 Å². The second kappa shape index (κ2) is 5.55. The van der Waals surface area contributed by atoms with Crippen molar-refractivity contribution in [3.05, 3.63) is 0 Å². The van der Waals surface area contributed by atoms with Crippen LogP contribution >= 0.6 is 0 Å². The molecule has 0 radical (unpaired) electrons. The largest absolute Gasteiger partial charge is 0.388 e. The summed E-state index contributed by atoms with van der Waals surface area (Å²) in [6, 6.07) is 0. The number of likely N-dealkylation sites (N-methyl/N-ethyl adjacent to an activating group) is 1. The van der Waals surface area contributed by atoms with E-state index in [1.54, 1.807) is 7.05 Å². The molecule has 0 bridgehead atoms. The summed E-state index contributed by atoms with van der Waals surface area (Å²) in [6.45, 7) is 1.43. The van der Waals surface area contributed by atoms with Gasteiger partial charge in [0.1, 0.15) is 30.6 Å². The Balaban J connectivity index is 2.60. The average molecular weight is 234 g/mol. The lowest BCUT2D eigenvalue weighted by Gasteiger charge is -2.40. The fourth-order valence-electron chi connectivity index (χ4n) is 1.60. The first-order valence-corrected chi connectivity index (χ1v) is 5.08. The molecule has 0 aliphatic carbocycles. The van der Waals surface area contributed by atoms with E-state index < -0.39 is 30.6 Å². The third-order valence-corrected chi connectivity index (χ3v) is 2.55. The van der Waals surface area contributed by atoms with Gasteiger partial charge in [-0.1, -0.05) is 0 Å². The van der Waals surface area contributed by atoms with Crippen LogP contribution in [0.25, 0.3) is 0 Å². The lowest BCUT2D eigenvalue weighted by molar-refractivity contribution is -0.226. The van der Waals surface area contributed by atoms with Crippen LogP contribution in [0.4, 0.5) is 0 Å². The maximum atomic E-state index is 10.7. The molecule has 1 aliphatic rings. The summed E-state index contributed by atoms with van der Waals surface area (Å²) in [4.78, 5) is 10.7. The van der Waals surface area contributed by atoms with Crippen molar-refractivity contribution in [1.29, 1.82) is 0 Å². The van der Waals surface area contributed by atoms with Gasteiger partial charge < -0.3 is 25.4 Å². The Morgan fingerprint density at radius 3 is 2.38 bits per heavy atom. The first kappa shape index (κ1) is 13.3. The van der Waals surface area contributed by atoms with E-state index in [1.807, 2.05) is 0 Å². The highest BCUT2D eigenvalue weighted by molar-refractivity contribution is 5.72. The summed E-state index contributed by atoms with van der Waals surface area (Å²) >= 11 is 0. The monoisotopic (exact) mass is 234 g/mol. The van der Waals surface area contributed by atoms with Gasteiger partial charge in [0.05, 0.1) is 0 Å². The summed E-state index contributed by atoms with van der Waals surface area (Å²) < 4.78 is 5.30. The van der Waals surface area contributed by atoms with Crippen molar-refractivity contribution < 1.29 is 24.9 Å². The van der Waals surface area contributed by atoms with E-state index >= 15 is 0 Å². The van der Waals surface area contributed by atoms with Crippen molar-refractivity contribution in [2.24, 2.45) is 0 Å². The zero-order chi connectivity index (χ0) is 12.3. The Bertz CT molecular complexity index is 248. The Morgan fingerprint density at radius 1 is 1.25 bits per heavy atom. The van der Waals surface area contributed by atoms with Gasteiger partial charge in [-0.15, -0.1) is 0 Å². The van der Waals surface area contributed by atoms with E-state index in [0.717, 1.165) is 0 Å². The van der Waals surface area contributed by atoms with Crippen molar-refractivity contribution >= 4 is 5.91 Å². The fraction of sp³-hybridized carbons (Fsp3) is 0.889. The molecule has 5 unspecified atom stereocenters. The minimum Gasteiger partial charge on any atom is -0.388 e. The number of hydrogen-bond acceptors (Lipinski definition) is 6. The Morgan fingerprint density at radius 2 is 1.88 bits per heavy atom. The van der Waals surface area contributed by atoms with E-state index in [1.165, 1.54) is 6.92 Å². The predicted octanol–water partition coefficient (Wildman–Crippen LogP) is -2.85. The van der Waals surface area contributed by atoms with E-state index in [4.69, 9.17) is 4.74 Å². The molecule has 5 atom stereocenters. The molecule has 16 heavy (non-hydrogen) atoms. The van der Waals surface area contributed by atoms with Gasteiger partial charge in [0.25, 0.3) is 0 Å². The molecule has 1 rings (SSSR count). The van der Waals surface area contributed by atoms with E-state index in [-0.39, 0.29) is 12.5 Å². The standard InChI is InChI=1S/C9H18N2O5/c1-4(12)11-3-5-6(13)7(14)8(15)9(10-2)16-5/h5-10,13-15H,3H2,1-2H3,(H,11,12). The Labute approximate surface area is 93.4 Å². The van der Waals surface area contributed by atoms with Crippen LogP contribution in [-0.2, 0) is 9.53 Å². The molecule has 0 saturated carbocycles. The van der Waals surface area contributed by atoms with Crippen LogP contribution in [0.2, 0.25) is 0 Å². The number of carbonyl (C=O) groups excluding carboxylic acids is 1. The number of hydrogen-bond donors (Lipinski definition) is 5. The molecule has 0 aromatic rings. The van der Waals surface area contributed by atoms with Crippen molar-refractivity contribution in [2.45, 2.75) is 37.6 Å². The maximum Gasteiger partial charge on any atom is 0.216 e. The molecule has 7 nitrogen and oxygen atoms in total. The quantitative estimate of drug-likeness (QED) is 0.359. The number of amides is 1. The summed E-state index contributed by atoms with van der Waals surface area (Å²) in [7, 11) is 1.56. The van der Waals surface area contributed by atoms with Crippen molar-refractivity contribution in [1.82, 2.24) is 10.6 Å². The Kier molecular flexibility index (Phi) is 4.63. The van der Waals surface area contributed by atoms with Gasteiger partial charge in [0.15, 0.2) is 0 Å². The molecule has 0 aromatic carbocycles. The number of aliphatic hydroxyl groups excluding tert-OH is 3. The van der Waals surface area contributed by atoms with Crippen LogP contribution in [0.1, 0.15) is 6.92 Å². The molecule has 1 amide bonds. The first-order valence-electron chi connectivity index (χ1n) is 5.08. The summed E-state index contributed by atoms with van der Waals surface area (Å²) in [5.74, 6) is -0.252. The molecule has 94 valence electrons. The minimum atomic E-state index is -1.30. The molecule has 0 aromatic heterocycles. The molecular weight excluding hydrogens is 216 g/mol. The average Bonchev–Trinajstić information content (AvgIpc) is 2.25. The predicted molar refractivity (Wildman–Crippen MR) is 54.4 cm³/mol. The van der Waals surface area contributed by atoms with Crippen LogP contribution in [0, 0.1) is 0 Å². The Hall–Kier alpha value is -0.730. The summed E-state index contributed by atoms with van der Waals surface area (Å²) in [5.41, 5.74) is 0. The third kappa shape index (κ3) is 2.89. The number of aliphatic hydroxyl groups is 3. The van der Waals surface area contributed by atoms with Gasteiger partial charge in [-0.3, -0.25) is 10.1 Å². The second-order valence-electron chi connectivity index (χ2n) is 3.79. The normalized spacial score (nSPS) is 39.4. The third-order valence-electron chi connectivity index (χ3n) is 2.55. The molecule has 0 spiro atoms. The van der Waals surface area contributed by atoms with E-state index in [2.05, 4.69) is 10.6 Å². The zero-order valence-electron chi connectivity index (χ0n) is 9.25.